The van der Waals surface area contributed by atoms with Crippen molar-refractivity contribution in [2.75, 3.05) is 0 Å². The number of nitrogens with one attached hydrogen (secondary N) is 1. The standard InChI is InChI=1S/C9H12N4O2/c10-8(9(11)12)5-6-1-3-7(4-2-6)13(14)15/h1-4,8H,5,10H2,(H3,11,12). The van der Waals surface area contributed by atoms with E-state index < -0.39 is 11.0 Å². The van der Waals surface area contributed by atoms with Crippen molar-refractivity contribution in [1.82, 2.24) is 0 Å². The third-order valence-electron chi connectivity index (χ3n) is 2.00. The maximum absolute atomic E-state index is 10.4. The summed E-state index contributed by atoms with van der Waals surface area (Å²) in [6, 6.07) is 5.50. The molecule has 80 valence electrons. The summed E-state index contributed by atoms with van der Waals surface area (Å²) < 4.78 is 0. The fourth-order valence-corrected chi connectivity index (χ4v) is 1.12. The SMILES string of the molecule is N=C(N)C(N)Cc1ccc([N+](=O)[O-])cc1. The summed E-state index contributed by atoms with van der Waals surface area (Å²) in [5.74, 6) is -0.0895. The van der Waals surface area contributed by atoms with Crippen LogP contribution >= 0.6 is 0 Å². The molecule has 15 heavy (non-hydrogen) atoms. The summed E-state index contributed by atoms with van der Waals surface area (Å²) in [7, 11) is 0. The van der Waals surface area contributed by atoms with Crippen molar-refractivity contribution in [2.24, 2.45) is 11.5 Å². The summed E-state index contributed by atoms with van der Waals surface area (Å²) in [6.45, 7) is 0. The van der Waals surface area contributed by atoms with Crippen LogP contribution in [-0.2, 0) is 6.42 Å². The number of hydrogen-bond donors (Lipinski definition) is 3. The Kier molecular flexibility index (Phi) is 3.35. The van der Waals surface area contributed by atoms with Gasteiger partial charge in [0, 0.05) is 12.1 Å². The van der Waals surface area contributed by atoms with Gasteiger partial charge in [-0.2, -0.15) is 0 Å². The predicted octanol–water partition coefficient (Wildman–Crippen LogP) is 0.401. The summed E-state index contributed by atoms with van der Waals surface area (Å²) in [5.41, 5.74) is 11.6. The lowest BCUT2D eigenvalue weighted by Gasteiger charge is -2.08. The van der Waals surface area contributed by atoms with Gasteiger partial charge in [-0.15, -0.1) is 0 Å². The van der Waals surface area contributed by atoms with Crippen LogP contribution in [0, 0.1) is 15.5 Å². The average molecular weight is 208 g/mol. The van der Waals surface area contributed by atoms with Crippen LogP contribution < -0.4 is 11.5 Å². The zero-order valence-electron chi connectivity index (χ0n) is 8.01. The van der Waals surface area contributed by atoms with Crippen LogP contribution in [0.2, 0.25) is 0 Å². The molecule has 0 spiro atoms. The fourth-order valence-electron chi connectivity index (χ4n) is 1.12. The van der Waals surface area contributed by atoms with E-state index in [0.29, 0.717) is 6.42 Å². The highest BCUT2D eigenvalue weighted by Gasteiger charge is 2.08. The lowest BCUT2D eigenvalue weighted by atomic mass is 10.1. The Morgan fingerprint density at radius 3 is 2.40 bits per heavy atom. The Hall–Kier alpha value is -1.95. The number of nitrogens with zero attached hydrogens (tertiary/aromatic N) is 1. The summed E-state index contributed by atoms with van der Waals surface area (Å²) >= 11 is 0. The normalized spacial score (nSPS) is 12.1. The Morgan fingerprint density at radius 2 is 2.00 bits per heavy atom. The minimum Gasteiger partial charge on any atom is -0.386 e. The third-order valence-corrected chi connectivity index (χ3v) is 2.00. The second kappa shape index (κ2) is 4.52. The summed E-state index contributed by atoms with van der Waals surface area (Å²) in [5, 5.41) is 17.5. The third kappa shape index (κ3) is 3.03. The molecule has 0 heterocycles. The number of non-ortho nitro benzene ring substituents is 1. The van der Waals surface area contributed by atoms with Crippen LogP contribution in [0.1, 0.15) is 5.56 Å². The molecule has 0 saturated heterocycles. The smallest absolute Gasteiger partial charge is 0.269 e. The maximum Gasteiger partial charge on any atom is 0.269 e. The van der Waals surface area contributed by atoms with E-state index in [4.69, 9.17) is 16.9 Å². The number of nitrogens with two attached hydrogens (primary N) is 2. The minimum absolute atomic E-state index is 0.0372. The molecule has 0 aliphatic heterocycles. The van der Waals surface area contributed by atoms with Gasteiger partial charge in [-0.05, 0) is 12.0 Å². The first-order chi connectivity index (χ1) is 7.00. The molecule has 0 bridgehead atoms. The average Bonchev–Trinajstić information content (AvgIpc) is 2.18. The summed E-state index contributed by atoms with van der Waals surface area (Å²) in [4.78, 5) is 9.91. The number of hydrogen-bond acceptors (Lipinski definition) is 4. The molecule has 0 aliphatic carbocycles. The molecule has 6 nitrogen and oxygen atoms in total. The van der Waals surface area contributed by atoms with E-state index in [0.717, 1.165) is 5.56 Å². The van der Waals surface area contributed by atoms with Gasteiger partial charge >= 0.3 is 0 Å². The zero-order valence-corrected chi connectivity index (χ0v) is 8.01. The second-order valence-electron chi connectivity index (χ2n) is 3.19. The molecule has 6 heteroatoms. The van der Waals surface area contributed by atoms with E-state index >= 15 is 0 Å². The van der Waals surface area contributed by atoms with Crippen LogP contribution in [0.15, 0.2) is 24.3 Å². The molecule has 0 aliphatic rings. The van der Waals surface area contributed by atoms with Crippen molar-refractivity contribution in [3.63, 3.8) is 0 Å². The predicted molar refractivity (Wildman–Crippen MR) is 56.7 cm³/mol. The minimum atomic E-state index is -0.536. The summed E-state index contributed by atoms with van der Waals surface area (Å²) in [6.07, 6.45) is 0.410. The van der Waals surface area contributed by atoms with Crippen molar-refractivity contribution in [3.05, 3.63) is 39.9 Å². The van der Waals surface area contributed by atoms with E-state index in [1.807, 2.05) is 0 Å². The number of nitro benzene ring substituents is 1. The van der Waals surface area contributed by atoms with Gasteiger partial charge in [-0.1, -0.05) is 12.1 Å². The van der Waals surface area contributed by atoms with Gasteiger partial charge in [-0.25, -0.2) is 0 Å². The van der Waals surface area contributed by atoms with E-state index in [1.165, 1.54) is 12.1 Å². The van der Waals surface area contributed by atoms with E-state index in [9.17, 15) is 10.1 Å². The largest absolute Gasteiger partial charge is 0.386 e. The van der Waals surface area contributed by atoms with Gasteiger partial charge in [0.2, 0.25) is 0 Å². The lowest BCUT2D eigenvalue weighted by molar-refractivity contribution is -0.384. The monoisotopic (exact) mass is 208 g/mol. The lowest BCUT2D eigenvalue weighted by Crippen LogP contribution is -2.37. The Labute approximate surface area is 86.5 Å². The quantitative estimate of drug-likeness (QED) is 0.287. The molecular weight excluding hydrogens is 196 g/mol. The Balaban J connectivity index is 2.72. The molecule has 1 atom stereocenters. The molecule has 0 aromatic heterocycles. The van der Waals surface area contributed by atoms with Crippen LogP contribution in [0.3, 0.4) is 0 Å². The van der Waals surface area contributed by atoms with Crippen molar-refractivity contribution in [3.8, 4) is 0 Å². The van der Waals surface area contributed by atoms with Crippen LogP contribution in [0.4, 0.5) is 5.69 Å². The molecule has 5 N–H and O–H groups in total. The second-order valence-corrected chi connectivity index (χ2v) is 3.19. The number of rotatable bonds is 4. The molecule has 0 saturated carbocycles. The fraction of sp³-hybridized carbons (Fsp3) is 0.222. The topological polar surface area (TPSA) is 119 Å². The Morgan fingerprint density at radius 1 is 1.47 bits per heavy atom. The van der Waals surface area contributed by atoms with Gasteiger partial charge < -0.3 is 11.5 Å². The van der Waals surface area contributed by atoms with E-state index in [-0.39, 0.29) is 11.5 Å². The highest BCUT2D eigenvalue weighted by Crippen LogP contribution is 2.12. The van der Waals surface area contributed by atoms with Gasteiger partial charge in [0.1, 0.15) is 5.84 Å². The highest BCUT2D eigenvalue weighted by molar-refractivity contribution is 5.82. The molecule has 1 unspecified atom stereocenters. The van der Waals surface area contributed by atoms with Gasteiger partial charge in [0.25, 0.3) is 5.69 Å². The van der Waals surface area contributed by atoms with Crippen LogP contribution in [0.25, 0.3) is 0 Å². The molecule has 0 fully saturated rings. The molecule has 1 aromatic carbocycles. The van der Waals surface area contributed by atoms with Crippen molar-refractivity contribution >= 4 is 11.5 Å². The van der Waals surface area contributed by atoms with Gasteiger partial charge in [0.05, 0.1) is 11.0 Å². The number of amidine groups is 1. The molecule has 0 amide bonds. The number of benzene rings is 1. The van der Waals surface area contributed by atoms with E-state index in [1.54, 1.807) is 12.1 Å². The molecule has 1 rings (SSSR count). The molecule has 0 radical (unpaired) electrons. The van der Waals surface area contributed by atoms with E-state index in [2.05, 4.69) is 0 Å². The van der Waals surface area contributed by atoms with Crippen LogP contribution in [-0.4, -0.2) is 16.8 Å². The first kappa shape index (κ1) is 11.1. The van der Waals surface area contributed by atoms with Gasteiger partial charge in [0.15, 0.2) is 0 Å². The first-order valence-electron chi connectivity index (χ1n) is 4.33. The highest BCUT2D eigenvalue weighted by atomic mass is 16.6. The first-order valence-corrected chi connectivity index (χ1v) is 4.33. The number of nitro groups is 1. The molecule has 1 aromatic rings. The Bertz CT molecular complexity index is 374. The van der Waals surface area contributed by atoms with Crippen molar-refractivity contribution < 1.29 is 4.92 Å². The zero-order chi connectivity index (χ0) is 11.4. The van der Waals surface area contributed by atoms with Crippen molar-refractivity contribution in [1.29, 1.82) is 5.41 Å². The molecular formula is C9H12N4O2. The van der Waals surface area contributed by atoms with Crippen LogP contribution in [0.5, 0.6) is 0 Å². The maximum atomic E-state index is 10.4. The van der Waals surface area contributed by atoms with Gasteiger partial charge in [-0.3, -0.25) is 15.5 Å². The van der Waals surface area contributed by atoms with Crippen molar-refractivity contribution in [2.45, 2.75) is 12.5 Å².